The van der Waals surface area contributed by atoms with Crippen molar-refractivity contribution in [2.75, 3.05) is 23.8 Å². The van der Waals surface area contributed by atoms with Crippen molar-refractivity contribution in [3.05, 3.63) is 72.4 Å². The van der Waals surface area contributed by atoms with E-state index >= 15 is 0 Å². The molecule has 0 radical (unpaired) electrons. The first-order valence-corrected chi connectivity index (χ1v) is 9.32. The van der Waals surface area contributed by atoms with Crippen LogP contribution >= 0.6 is 0 Å². The molecule has 0 atom stereocenters. The lowest BCUT2D eigenvalue weighted by Crippen LogP contribution is -2.19. The summed E-state index contributed by atoms with van der Waals surface area (Å²) in [6.45, 7) is 3.73. The molecule has 0 unspecified atom stereocenters. The predicted octanol–water partition coefficient (Wildman–Crippen LogP) is 5.04. The van der Waals surface area contributed by atoms with Crippen molar-refractivity contribution < 1.29 is 4.74 Å². The summed E-state index contributed by atoms with van der Waals surface area (Å²) in [4.78, 5) is 11.1. The second-order valence-corrected chi connectivity index (χ2v) is 6.44. The van der Waals surface area contributed by atoms with Crippen LogP contribution < -0.4 is 15.0 Å². The number of nitrogens with zero attached hydrogens (tertiary/aromatic N) is 3. The van der Waals surface area contributed by atoms with Crippen molar-refractivity contribution in [1.82, 2.24) is 9.97 Å². The van der Waals surface area contributed by atoms with E-state index in [2.05, 4.69) is 46.3 Å². The Bertz CT molecular complexity index is 821. The van der Waals surface area contributed by atoms with E-state index in [9.17, 15) is 0 Å². The first kappa shape index (κ1) is 18.7. The minimum atomic E-state index is 0.558. The molecule has 0 bridgehead atoms. The Morgan fingerprint density at radius 1 is 1.00 bits per heavy atom. The van der Waals surface area contributed by atoms with Gasteiger partial charge in [0.2, 0.25) is 5.95 Å². The zero-order chi connectivity index (χ0) is 18.9. The fourth-order valence-corrected chi connectivity index (χ4v) is 2.64. The van der Waals surface area contributed by atoms with Crippen molar-refractivity contribution in [3.8, 4) is 5.75 Å². The summed E-state index contributed by atoms with van der Waals surface area (Å²) in [5.41, 5.74) is 2.08. The van der Waals surface area contributed by atoms with Gasteiger partial charge < -0.3 is 15.0 Å². The highest BCUT2D eigenvalue weighted by Gasteiger charge is 2.05. The topological polar surface area (TPSA) is 50.3 Å². The molecular formula is C22H26N4O. The van der Waals surface area contributed by atoms with Gasteiger partial charge in [0.1, 0.15) is 18.2 Å². The molecule has 140 valence electrons. The summed E-state index contributed by atoms with van der Waals surface area (Å²) in [5.74, 6) is 2.34. The van der Waals surface area contributed by atoms with E-state index in [1.165, 1.54) is 6.42 Å². The number of rotatable bonds is 9. The van der Waals surface area contributed by atoms with Gasteiger partial charge in [-0.15, -0.1) is 0 Å². The maximum absolute atomic E-state index is 5.82. The standard InChI is InChI=1S/C22H26N4O/c1-3-4-16-26(2)21-14-15-23-22(25-21)24-19-10-12-20(13-11-19)27-17-18-8-6-5-7-9-18/h5-15H,3-4,16-17H2,1-2H3,(H,23,24,25). The zero-order valence-corrected chi connectivity index (χ0v) is 15.9. The fraction of sp³-hybridized carbons (Fsp3) is 0.273. The maximum atomic E-state index is 5.82. The smallest absolute Gasteiger partial charge is 0.229 e. The highest BCUT2D eigenvalue weighted by Crippen LogP contribution is 2.20. The summed E-state index contributed by atoms with van der Waals surface area (Å²) in [7, 11) is 2.06. The Labute approximate surface area is 161 Å². The molecule has 5 nitrogen and oxygen atoms in total. The van der Waals surface area contributed by atoms with Gasteiger partial charge >= 0.3 is 0 Å². The van der Waals surface area contributed by atoms with Crippen LogP contribution in [-0.4, -0.2) is 23.6 Å². The molecule has 2 aromatic carbocycles. The summed E-state index contributed by atoms with van der Waals surface area (Å²) in [6.07, 6.45) is 4.09. The normalized spacial score (nSPS) is 10.4. The van der Waals surface area contributed by atoms with Crippen molar-refractivity contribution >= 4 is 17.5 Å². The van der Waals surface area contributed by atoms with Crippen LogP contribution in [0.4, 0.5) is 17.5 Å². The van der Waals surface area contributed by atoms with Gasteiger partial charge in [0, 0.05) is 25.5 Å². The van der Waals surface area contributed by atoms with Gasteiger partial charge in [-0.3, -0.25) is 0 Å². The van der Waals surface area contributed by atoms with Crippen LogP contribution in [0.1, 0.15) is 25.3 Å². The van der Waals surface area contributed by atoms with Gasteiger partial charge in [0.05, 0.1) is 0 Å². The van der Waals surface area contributed by atoms with Crippen LogP contribution in [0.5, 0.6) is 5.75 Å². The van der Waals surface area contributed by atoms with Crippen LogP contribution in [0.15, 0.2) is 66.9 Å². The van der Waals surface area contributed by atoms with Crippen LogP contribution in [0.2, 0.25) is 0 Å². The molecule has 5 heteroatoms. The largest absolute Gasteiger partial charge is 0.489 e. The van der Waals surface area contributed by atoms with Gasteiger partial charge in [-0.25, -0.2) is 4.98 Å². The second kappa shape index (κ2) is 9.57. The molecule has 3 rings (SSSR count). The van der Waals surface area contributed by atoms with Gasteiger partial charge in [-0.05, 0) is 42.3 Å². The van der Waals surface area contributed by atoms with Gasteiger partial charge in [0.25, 0.3) is 0 Å². The Kier molecular flexibility index (Phi) is 6.63. The number of unbranched alkanes of at least 4 members (excludes halogenated alkanes) is 1. The molecule has 0 aliphatic heterocycles. The van der Waals surface area contributed by atoms with Gasteiger partial charge in [0.15, 0.2) is 0 Å². The summed E-state index contributed by atoms with van der Waals surface area (Å²) >= 11 is 0. The third kappa shape index (κ3) is 5.71. The summed E-state index contributed by atoms with van der Waals surface area (Å²) in [6, 6.07) is 19.9. The molecule has 0 aliphatic rings. The number of benzene rings is 2. The molecule has 1 heterocycles. The summed E-state index contributed by atoms with van der Waals surface area (Å²) in [5, 5.41) is 3.25. The first-order valence-electron chi connectivity index (χ1n) is 9.32. The number of aromatic nitrogens is 2. The highest BCUT2D eigenvalue weighted by molar-refractivity contribution is 5.56. The Balaban J connectivity index is 1.58. The molecule has 0 saturated carbocycles. The molecule has 3 aromatic rings. The number of nitrogens with one attached hydrogen (secondary N) is 1. The third-order valence-electron chi connectivity index (χ3n) is 4.24. The zero-order valence-electron chi connectivity index (χ0n) is 15.9. The average Bonchev–Trinajstić information content (AvgIpc) is 2.72. The lowest BCUT2D eigenvalue weighted by molar-refractivity contribution is 0.306. The van der Waals surface area contributed by atoms with E-state index in [0.717, 1.165) is 35.8 Å². The van der Waals surface area contributed by atoms with E-state index < -0.39 is 0 Å². The van der Waals surface area contributed by atoms with E-state index in [-0.39, 0.29) is 0 Å². The van der Waals surface area contributed by atoms with E-state index in [4.69, 9.17) is 4.74 Å². The van der Waals surface area contributed by atoms with Crippen molar-refractivity contribution in [3.63, 3.8) is 0 Å². The minimum absolute atomic E-state index is 0.558. The van der Waals surface area contributed by atoms with Crippen LogP contribution in [0.25, 0.3) is 0 Å². The minimum Gasteiger partial charge on any atom is -0.489 e. The number of anilines is 3. The maximum Gasteiger partial charge on any atom is 0.229 e. The van der Waals surface area contributed by atoms with Crippen molar-refractivity contribution in [2.45, 2.75) is 26.4 Å². The van der Waals surface area contributed by atoms with Gasteiger partial charge in [-0.2, -0.15) is 4.98 Å². The van der Waals surface area contributed by atoms with Crippen LogP contribution in [-0.2, 0) is 6.61 Å². The predicted molar refractivity (Wildman–Crippen MR) is 111 cm³/mol. The number of ether oxygens (including phenoxy) is 1. The fourth-order valence-electron chi connectivity index (χ4n) is 2.64. The Morgan fingerprint density at radius 2 is 1.78 bits per heavy atom. The first-order chi connectivity index (χ1) is 13.2. The molecule has 0 fully saturated rings. The van der Waals surface area contributed by atoms with Crippen molar-refractivity contribution in [2.24, 2.45) is 0 Å². The lowest BCUT2D eigenvalue weighted by atomic mass is 10.2. The number of hydrogen-bond donors (Lipinski definition) is 1. The lowest BCUT2D eigenvalue weighted by Gasteiger charge is -2.18. The third-order valence-corrected chi connectivity index (χ3v) is 4.24. The van der Waals surface area contributed by atoms with E-state index in [1.807, 2.05) is 48.5 Å². The molecular weight excluding hydrogens is 336 g/mol. The SMILES string of the molecule is CCCCN(C)c1ccnc(Nc2ccc(OCc3ccccc3)cc2)n1. The molecule has 1 N–H and O–H groups in total. The van der Waals surface area contributed by atoms with Crippen LogP contribution in [0, 0.1) is 0 Å². The van der Waals surface area contributed by atoms with Gasteiger partial charge in [-0.1, -0.05) is 43.7 Å². The highest BCUT2D eigenvalue weighted by atomic mass is 16.5. The van der Waals surface area contributed by atoms with Crippen molar-refractivity contribution in [1.29, 1.82) is 0 Å². The molecule has 0 aliphatic carbocycles. The Morgan fingerprint density at radius 3 is 2.52 bits per heavy atom. The second-order valence-electron chi connectivity index (χ2n) is 6.44. The molecule has 1 aromatic heterocycles. The molecule has 0 saturated heterocycles. The number of hydrogen-bond acceptors (Lipinski definition) is 5. The average molecular weight is 362 g/mol. The monoisotopic (exact) mass is 362 g/mol. The quantitative estimate of drug-likeness (QED) is 0.578. The molecule has 27 heavy (non-hydrogen) atoms. The van der Waals surface area contributed by atoms with E-state index in [1.54, 1.807) is 6.20 Å². The molecule has 0 spiro atoms. The van der Waals surface area contributed by atoms with E-state index in [0.29, 0.717) is 12.6 Å². The summed E-state index contributed by atoms with van der Waals surface area (Å²) < 4.78 is 5.82. The molecule has 0 amide bonds. The Hall–Kier alpha value is -3.08. The van der Waals surface area contributed by atoms with Crippen LogP contribution in [0.3, 0.4) is 0 Å².